The number of aromatic nitrogens is 2. The van der Waals surface area contributed by atoms with Gasteiger partial charge >= 0.3 is 0 Å². The van der Waals surface area contributed by atoms with E-state index in [0.29, 0.717) is 17.8 Å². The summed E-state index contributed by atoms with van der Waals surface area (Å²) < 4.78 is 11.9. The monoisotopic (exact) mass is 408 g/mol. The zero-order chi connectivity index (χ0) is 21.1. The highest BCUT2D eigenvalue weighted by molar-refractivity contribution is 5.62. The molecule has 30 heavy (non-hydrogen) atoms. The van der Waals surface area contributed by atoms with Gasteiger partial charge in [0.15, 0.2) is 0 Å². The summed E-state index contributed by atoms with van der Waals surface area (Å²) in [5, 5.41) is 0. The van der Waals surface area contributed by atoms with Crippen molar-refractivity contribution in [1.82, 2.24) is 9.97 Å². The average Bonchev–Trinajstić information content (AvgIpc) is 3.53. The molecule has 0 saturated heterocycles. The SMILES string of the molecule is CCc1ncc(-c2ccc(OC)c([C@H]3C[C@H]3C)n2)cc1OC[C@H]1CC[C@H](CC)CC1. The Morgan fingerprint density at radius 2 is 1.77 bits per heavy atom. The van der Waals surface area contributed by atoms with Crippen molar-refractivity contribution in [2.24, 2.45) is 17.8 Å². The van der Waals surface area contributed by atoms with Gasteiger partial charge in [-0.2, -0.15) is 0 Å². The van der Waals surface area contributed by atoms with Crippen LogP contribution in [0.25, 0.3) is 11.3 Å². The van der Waals surface area contributed by atoms with Gasteiger partial charge in [-0.1, -0.05) is 40.0 Å². The van der Waals surface area contributed by atoms with Gasteiger partial charge in [-0.25, -0.2) is 4.98 Å². The summed E-state index contributed by atoms with van der Waals surface area (Å²) >= 11 is 0. The molecule has 2 aliphatic carbocycles. The van der Waals surface area contributed by atoms with Crippen molar-refractivity contribution in [3.63, 3.8) is 0 Å². The van der Waals surface area contributed by atoms with Gasteiger partial charge in [0.1, 0.15) is 11.5 Å². The van der Waals surface area contributed by atoms with E-state index in [1.54, 1.807) is 7.11 Å². The minimum Gasteiger partial charge on any atom is -0.495 e. The van der Waals surface area contributed by atoms with Crippen molar-refractivity contribution in [1.29, 1.82) is 0 Å². The third kappa shape index (κ3) is 4.63. The predicted octanol–water partition coefficient (Wildman–Crippen LogP) is 6.43. The molecule has 0 bridgehead atoms. The van der Waals surface area contributed by atoms with Crippen LogP contribution in [0.1, 0.15) is 76.6 Å². The third-order valence-corrected chi connectivity index (χ3v) is 7.15. The van der Waals surface area contributed by atoms with Crippen molar-refractivity contribution in [2.75, 3.05) is 13.7 Å². The molecule has 2 atom stereocenters. The Hall–Kier alpha value is -2.10. The average molecular weight is 409 g/mol. The van der Waals surface area contributed by atoms with Gasteiger partial charge in [-0.3, -0.25) is 4.98 Å². The van der Waals surface area contributed by atoms with Crippen molar-refractivity contribution in [3.05, 3.63) is 35.8 Å². The van der Waals surface area contributed by atoms with Crippen LogP contribution < -0.4 is 9.47 Å². The summed E-state index contributed by atoms with van der Waals surface area (Å²) in [6, 6.07) is 6.22. The van der Waals surface area contributed by atoms with Gasteiger partial charge in [-0.15, -0.1) is 0 Å². The summed E-state index contributed by atoms with van der Waals surface area (Å²) in [4.78, 5) is 9.68. The maximum Gasteiger partial charge on any atom is 0.141 e. The topological polar surface area (TPSA) is 44.2 Å². The number of hydrogen-bond acceptors (Lipinski definition) is 4. The summed E-state index contributed by atoms with van der Waals surface area (Å²) in [6.45, 7) is 7.53. The molecule has 0 aromatic carbocycles. The first-order valence-corrected chi connectivity index (χ1v) is 11.8. The summed E-state index contributed by atoms with van der Waals surface area (Å²) in [5.41, 5.74) is 4.09. The van der Waals surface area contributed by atoms with E-state index in [1.165, 1.54) is 38.5 Å². The predicted molar refractivity (Wildman–Crippen MR) is 121 cm³/mol. The molecule has 2 aliphatic rings. The number of rotatable bonds is 8. The van der Waals surface area contributed by atoms with Crippen LogP contribution in [0.3, 0.4) is 0 Å². The molecule has 0 aliphatic heterocycles. The molecule has 4 nitrogen and oxygen atoms in total. The molecular weight excluding hydrogens is 372 g/mol. The molecule has 4 heteroatoms. The lowest BCUT2D eigenvalue weighted by molar-refractivity contribution is 0.179. The van der Waals surface area contributed by atoms with E-state index in [9.17, 15) is 0 Å². The summed E-state index contributed by atoms with van der Waals surface area (Å²) in [6.07, 6.45) is 10.6. The van der Waals surface area contributed by atoms with Gasteiger partial charge < -0.3 is 9.47 Å². The minimum atomic E-state index is 0.511. The lowest BCUT2D eigenvalue weighted by atomic mass is 9.81. The molecule has 2 aromatic rings. The summed E-state index contributed by atoms with van der Waals surface area (Å²) in [7, 11) is 1.73. The third-order valence-electron chi connectivity index (χ3n) is 7.15. The second-order valence-corrected chi connectivity index (χ2v) is 9.23. The van der Waals surface area contributed by atoms with E-state index >= 15 is 0 Å². The number of nitrogens with zero attached hydrogens (tertiary/aromatic N) is 2. The highest BCUT2D eigenvalue weighted by Crippen LogP contribution is 2.49. The second-order valence-electron chi connectivity index (χ2n) is 9.23. The minimum absolute atomic E-state index is 0.511. The Kier molecular flexibility index (Phi) is 6.60. The molecule has 2 heterocycles. The molecule has 0 unspecified atom stereocenters. The Bertz CT molecular complexity index is 858. The number of methoxy groups -OCH3 is 1. The van der Waals surface area contributed by atoms with Crippen LogP contribution in [-0.4, -0.2) is 23.7 Å². The molecule has 162 valence electrons. The van der Waals surface area contributed by atoms with Crippen LogP contribution in [0.2, 0.25) is 0 Å². The van der Waals surface area contributed by atoms with Crippen LogP contribution in [0.4, 0.5) is 0 Å². The maximum atomic E-state index is 6.34. The van der Waals surface area contributed by atoms with Crippen LogP contribution in [0.15, 0.2) is 24.4 Å². The van der Waals surface area contributed by atoms with Crippen LogP contribution >= 0.6 is 0 Å². The van der Waals surface area contributed by atoms with Crippen molar-refractivity contribution < 1.29 is 9.47 Å². The van der Waals surface area contributed by atoms with Crippen molar-refractivity contribution in [3.8, 4) is 22.8 Å². The molecule has 4 rings (SSSR count). The van der Waals surface area contributed by atoms with Gasteiger partial charge in [0, 0.05) is 17.7 Å². The van der Waals surface area contributed by atoms with Crippen LogP contribution in [0.5, 0.6) is 11.5 Å². The second kappa shape index (κ2) is 9.36. The molecule has 0 spiro atoms. The van der Waals surface area contributed by atoms with E-state index < -0.39 is 0 Å². The molecule has 2 aromatic heterocycles. The highest BCUT2D eigenvalue weighted by Gasteiger charge is 2.37. The summed E-state index contributed by atoms with van der Waals surface area (Å²) in [5.74, 6) is 4.60. The standard InChI is InChI=1S/C26H36N2O2/c1-5-18-7-9-19(10-8-18)16-30-25-14-20(15-27-22(25)6-2)23-11-12-24(29-4)26(28-23)21-13-17(21)3/h11-12,14-15,17-19,21H,5-10,13,16H2,1-4H3/t17-,18-,19-,21+/m1/s1. The molecule has 2 saturated carbocycles. The molecule has 0 amide bonds. The number of hydrogen-bond donors (Lipinski definition) is 0. The van der Waals surface area contributed by atoms with Crippen LogP contribution in [0, 0.1) is 17.8 Å². The van der Waals surface area contributed by atoms with E-state index in [-0.39, 0.29) is 0 Å². The number of ether oxygens (including phenoxy) is 2. The Balaban J connectivity index is 1.51. The fourth-order valence-electron chi connectivity index (χ4n) is 4.78. The molecule has 0 N–H and O–H groups in total. The van der Waals surface area contributed by atoms with Gasteiger partial charge in [0.05, 0.1) is 30.8 Å². The Morgan fingerprint density at radius 1 is 1.03 bits per heavy atom. The first-order valence-electron chi connectivity index (χ1n) is 11.8. The number of aryl methyl sites for hydroxylation is 1. The first kappa shape index (κ1) is 21.1. The van der Waals surface area contributed by atoms with Gasteiger partial charge in [0.2, 0.25) is 0 Å². The lowest BCUT2D eigenvalue weighted by Crippen LogP contribution is -2.20. The van der Waals surface area contributed by atoms with E-state index in [4.69, 9.17) is 19.4 Å². The maximum absolute atomic E-state index is 6.34. The molecule has 2 fully saturated rings. The lowest BCUT2D eigenvalue weighted by Gasteiger charge is -2.27. The van der Waals surface area contributed by atoms with E-state index in [0.717, 1.165) is 53.1 Å². The first-order chi connectivity index (χ1) is 14.6. The van der Waals surface area contributed by atoms with Crippen LogP contribution in [-0.2, 0) is 6.42 Å². The van der Waals surface area contributed by atoms with E-state index in [2.05, 4.69) is 26.8 Å². The highest BCUT2D eigenvalue weighted by atomic mass is 16.5. The molecular formula is C26H36N2O2. The fourth-order valence-corrected chi connectivity index (χ4v) is 4.78. The zero-order valence-electron chi connectivity index (χ0n) is 19.0. The number of pyridine rings is 2. The van der Waals surface area contributed by atoms with Gasteiger partial charge in [0.25, 0.3) is 0 Å². The fraction of sp³-hybridized carbons (Fsp3) is 0.615. The Labute approximate surface area is 181 Å². The Morgan fingerprint density at radius 3 is 2.40 bits per heavy atom. The van der Waals surface area contributed by atoms with Crippen molar-refractivity contribution in [2.45, 2.75) is 71.6 Å². The smallest absolute Gasteiger partial charge is 0.141 e. The zero-order valence-corrected chi connectivity index (χ0v) is 19.0. The largest absolute Gasteiger partial charge is 0.495 e. The molecule has 0 radical (unpaired) electrons. The van der Waals surface area contributed by atoms with E-state index in [1.807, 2.05) is 18.3 Å². The van der Waals surface area contributed by atoms with Crippen molar-refractivity contribution >= 4 is 0 Å². The van der Waals surface area contributed by atoms with Gasteiger partial charge in [-0.05, 0) is 61.6 Å². The quantitative estimate of drug-likeness (QED) is 0.504. The normalized spacial score (nSPS) is 25.7.